The average molecular weight is 257 g/mol. The summed E-state index contributed by atoms with van der Waals surface area (Å²) in [5.74, 6) is 1.39. The van der Waals surface area contributed by atoms with Crippen molar-refractivity contribution in [2.45, 2.75) is 33.2 Å². The van der Waals surface area contributed by atoms with Crippen molar-refractivity contribution >= 4 is 11.9 Å². The molecule has 0 radical (unpaired) electrons. The van der Waals surface area contributed by atoms with E-state index in [-0.39, 0.29) is 12.0 Å². The minimum absolute atomic E-state index is 0.168. The molecule has 0 aliphatic carbocycles. The smallest absolute Gasteiger partial charge is 0.228 e. The van der Waals surface area contributed by atoms with Crippen molar-refractivity contribution in [3.63, 3.8) is 0 Å². The van der Waals surface area contributed by atoms with E-state index in [1.807, 2.05) is 0 Å². The Morgan fingerprint density at radius 3 is 2.63 bits per heavy atom. The molecular formula is C14H19N5. The molecule has 1 aromatic carbocycles. The molecule has 2 rings (SSSR count). The number of aryl methyl sites for hydroxylation is 2. The number of hydrogen-bond acceptors (Lipinski definition) is 5. The molecule has 0 aliphatic heterocycles. The van der Waals surface area contributed by atoms with Gasteiger partial charge in [0.2, 0.25) is 11.9 Å². The van der Waals surface area contributed by atoms with Gasteiger partial charge in [-0.3, -0.25) is 0 Å². The Labute approximate surface area is 113 Å². The second-order valence-corrected chi connectivity index (χ2v) is 4.58. The zero-order valence-electron chi connectivity index (χ0n) is 11.5. The van der Waals surface area contributed by atoms with Gasteiger partial charge in [0.1, 0.15) is 5.82 Å². The molecule has 2 aromatic rings. The zero-order chi connectivity index (χ0) is 13.8. The van der Waals surface area contributed by atoms with Crippen molar-refractivity contribution in [2.24, 2.45) is 0 Å². The third kappa shape index (κ3) is 3.40. The number of aromatic nitrogens is 3. The SMILES string of the molecule is CCC(Nc1nc(C)nc(N)n1)c1cccc(C)c1. The lowest BCUT2D eigenvalue weighted by Crippen LogP contribution is -2.14. The summed E-state index contributed by atoms with van der Waals surface area (Å²) in [7, 11) is 0. The predicted octanol–water partition coefficient (Wildman–Crippen LogP) is 2.63. The van der Waals surface area contributed by atoms with Crippen LogP contribution in [0.25, 0.3) is 0 Å². The molecule has 0 fully saturated rings. The number of hydrogen-bond donors (Lipinski definition) is 2. The number of nitrogens with two attached hydrogens (primary N) is 1. The second-order valence-electron chi connectivity index (χ2n) is 4.58. The van der Waals surface area contributed by atoms with Crippen molar-refractivity contribution in [1.29, 1.82) is 0 Å². The number of anilines is 2. The predicted molar refractivity (Wildman–Crippen MR) is 76.8 cm³/mol. The minimum Gasteiger partial charge on any atom is -0.368 e. The van der Waals surface area contributed by atoms with Gasteiger partial charge in [-0.05, 0) is 25.8 Å². The summed E-state index contributed by atoms with van der Waals surface area (Å²) >= 11 is 0. The summed E-state index contributed by atoms with van der Waals surface area (Å²) in [5.41, 5.74) is 8.10. The van der Waals surface area contributed by atoms with Gasteiger partial charge >= 0.3 is 0 Å². The largest absolute Gasteiger partial charge is 0.368 e. The molecule has 0 saturated heterocycles. The fraction of sp³-hybridized carbons (Fsp3) is 0.357. The number of nitrogen functional groups attached to an aromatic ring is 1. The molecule has 100 valence electrons. The Morgan fingerprint density at radius 1 is 1.21 bits per heavy atom. The summed E-state index contributed by atoms with van der Waals surface area (Å²) in [6.07, 6.45) is 0.939. The van der Waals surface area contributed by atoms with Crippen molar-refractivity contribution in [3.05, 3.63) is 41.2 Å². The van der Waals surface area contributed by atoms with E-state index < -0.39 is 0 Å². The number of nitrogens with one attached hydrogen (secondary N) is 1. The summed E-state index contributed by atoms with van der Waals surface area (Å²) in [5, 5.41) is 3.31. The maximum absolute atomic E-state index is 5.64. The average Bonchev–Trinajstić information content (AvgIpc) is 2.34. The van der Waals surface area contributed by atoms with Crippen molar-refractivity contribution in [2.75, 3.05) is 11.1 Å². The molecule has 0 bridgehead atoms. The van der Waals surface area contributed by atoms with Crippen LogP contribution >= 0.6 is 0 Å². The molecule has 0 saturated carbocycles. The highest BCUT2D eigenvalue weighted by atomic mass is 15.2. The Balaban J connectivity index is 2.23. The lowest BCUT2D eigenvalue weighted by Gasteiger charge is -2.18. The van der Waals surface area contributed by atoms with E-state index >= 15 is 0 Å². The van der Waals surface area contributed by atoms with Crippen LogP contribution in [0.15, 0.2) is 24.3 Å². The molecule has 5 nitrogen and oxygen atoms in total. The van der Waals surface area contributed by atoms with Crippen LogP contribution in [0.3, 0.4) is 0 Å². The third-order valence-corrected chi connectivity index (χ3v) is 2.92. The normalized spacial score (nSPS) is 12.2. The van der Waals surface area contributed by atoms with Gasteiger partial charge in [0, 0.05) is 0 Å². The molecule has 1 unspecified atom stereocenters. The van der Waals surface area contributed by atoms with Crippen LogP contribution in [0.2, 0.25) is 0 Å². The van der Waals surface area contributed by atoms with Crippen molar-refractivity contribution in [3.8, 4) is 0 Å². The first-order valence-corrected chi connectivity index (χ1v) is 6.39. The van der Waals surface area contributed by atoms with Gasteiger partial charge in [0.25, 0.3) is 0 Å². The Bertz CT molecular complexity index is 547. The van der Waals surface area contributed by atoms with E-state index in [0.717, 1.165) is 6.42 Å². The van der Waals surface area contributed by atoms with Crippen LogP contribution in [-0.4, -0.2) is 15.0 Å². The van der Waals surface area contributed by atoms with E-state index in [1.54, 1.807) is 6.92 Å². The molecule has 0 amide bonds. The molecule has 1 heterocycles. The molecule has 0 spiro atoms. The first kappa shape index (κ1) is 13.3. The van der Waals surface area contributed by atoms with Gasteiger partial charge in [0.05, 0.1) is 6.04 Å². The molecule has 1 atom stereocenters. The van der Waals surface area contributed by atoms with E-state index in [4.69, 9.17) is 5.73 Å². The fourth-order valence-electron chi connectivity index (χ4n) is 2.03. The molecule has 0 aliphatic rings. The Hall–Kier alpha value is -2.17. The van der Waals surface area contributed by atoms with Gasteiger partial charge < -0.3 is 11.1 Å². The van der Waals surface area contributed by atoms with Gasteiger partial charge in [-0.15, -0.1) is 0 Å². The van der Waals surface area contributed by atoms with Crippen LogP contribution in [-0.2, 0) is 0 Å². The third-order valence-electron chi connectivity index (χ3n) is 2.92. The highest BCUT2D eigenvalue weighted by Gasteiger charge is 2.11. The number of rotatable bonds is 4. The summed E-state index contributed by atoms with van der Waals surface area (Å²) in [4.78, 5) is 12.3. The topological polar surface area (TPSA) is 76.7 Å². The lowest BCUT2D eigenvalue weighted by atomic mass is 10.0. The molecule has 3 N–H and O–H groups in total. The molecule has 19 heavy (non-hydrogen) atoms. The summed E-state index contributed by atoms with van der Waals surface area (Å²) in [6.45, 7) is 6.01. The van der Waals surface area contributed by atoms with Gasteiger partial charge in [-0.2, -0.15) is 15.0 Å². The van der Waals surface area contributed by atoms with Crippen LogP contribution in [0, 0.1) is 13.8 Å². The first-order valence-electron chi connectivity index (χ1n) is 6.39. The van der Waals surface area contributed by atoms with E-state index in [0.29, 0.717) is 11.8 Å². The Kier molecular flexibility index (Phi) is 3.94. The summed E-state index contributed by atoms with van der Waals surface area (Å²) in [6, 6.07) is 8.58. The monoisotopic (exact) mass is 257 g/mol. The highest BCUT2D eigenvalue weighted by molar-refractivity contribution is 5.36. The molecule has 1 aromatic heterocycles. The van der Waals surface area contributed by atoms with E-state index in [9.17, 15) is 0 Å². The van der Waals surface area contributed by atoms with Crippen molar-refractivity contribution in [1.82, 2.24) is 15.0 Å². The Morgan fingerprint density at radius 2 is 2.00 bits per heavy atom. The van der Waals surface area contributed by atoms with Gasteiger partial charge in [0.15, 0.2) is 0 Å². The van der Waals surface area contributed by atoms with Crippen LogP contribution < -0.4 is 11.1 Å². The number of nitrogens with zero attached hydrogens (tertiary/aromatic N) is 3. The van der Waals surface area contributed by atoms with Crippen LogP contribution in [0.4, 0.5) is 11.9 Å². The zero-order valence-corrected chi connectivity index (χ0v) is 11.5. The van der Waals surface area contributed by atoms with Crippen LogP contribution in [0.5, 0.6) is 0 Å². The first-order chi connectivity index (χ1) is 9.08. The standard InChI is InChI=1S/C14H19N5/c1-4-12(11-7-5-6-9(2)8-11)18-14-17-10(3)16-13(15)19-14/h5-8,12H,4H2,1-3H3,(H3,15,16,17,18,19). The molecule has 5 heteroatoms. The fourth-order valence-corrected chi connectivity index (χ4v) is 2.03. The lowest BCUT2D eigenvalue weighted by molar-refractivity contribution is 0.734. The van der Waals surface area contributed by atoms with Crippen molar-refractivity contribution < 1.29 is 0 Å². The van der Waals surface area contributed by atoms with Gasteiger partial charge in [-0.1, -0.05) is 36.8 Å². The van der Waals surface area contributed by atoms with E-state index in [2.05, 4.69) is 58.4 Å². The van der Waals surface area contributed by atoms with Crippen LogP contribution in [0.1, 0.15) is 36.3 Å². The maximum Gasteiger partial charge on any atom is 0.228 e. The molecular weight excluding hydrogens is 238 g/mol. The van der Waals surface area contributed by atoms with Gasteiger partial charge in [-0.25, -0.2) is 0 Å². The summed E-state index contributed by atoms with van der Waals surface area (Å²) < 4.78 is 0. The second kappa shape index (κ2) is 5.65. The maximum atomic E-state index is 5.64. The van der Waals surface area contributed by atoms with E-state index in [1.165, 1.54) is 11.1 Å². The highest BCUT2D eigenvalue weighted by Crippen LogP contribution is 2.21. The number of benzene rings is 1. The quantitative estimate of drug-likeness (QED) is 0.880. The minimum atomic E-state index is 0.168.